The molecule has 200 valence electrons. The molecule has 0 unspecified atom stereocenters. The maximum absolute atomic E-state index is 13.4. The van der Waals surface area contributed by atoms with Crippen LogP contribution in [0.4, 0.5) is 20.2 Å². The molecule has 0 radical (unpaired) electrons. The molecule has 1 aliphatic heterocycles. The summed E-state index contributed by atoms with van der Waals surface area (Å²) in [5, 5.41) is 13.1. The molecule has 1 aromatic heterocycles. The normalized spacial score (nSPS) is 20.3. The van der Waals surface area contributed by atoms with E-state index in [0.29, 0.717) is 11.3 Å². The fourth-order valence-electron chi connectivity index (χ4n) is 5.79. The van der Waals surface area contributed by atoms with Crippen molar-refractivity contribution in [3.8, 4) is 17.0 Å². The lowest BCUT2D eigenvalue weighted by molar-refractivity contribution is -0.119. The number of hydrogen-bond acceptors (Lipinski definition) is 5. The number of benzene rings is 2. The van der Waals surface area contributed by atoms with Crippen molar-refractivity contribution >= 4 is 34.8 Å². The van der Waals surface area contributed by atoms with Gasteiger partial charge in [0.2, 0.25) is 5.91 Å². The van der Waals surface area contributed by atoms with Crippen molar-refractivity contribution in [1.82, 2.24) is 15.5 Å². The van der Waals surface area contributed by atoms with Gasteiger partial charge in [-0.2, -0.15) is 5.10 Å². The zero-order chi connectivity index (χ0) is 27.2. The van der Waals surface area contributed by atoms with Gasteiger partial charge in [-0.3, -0.25) is 14.7 Å². The van der Waals surface area contributed by atoms with E-state index in [2.05, 4.69) is 44.3 Å². The number of halogens is 3. The Kier molecular flexibility index (Phi) is 6.77. The van der Waals surface area contributed by atoms with Crippen molar-refractivity contribution in [2.24, 2.45) is 0 Å². The second-order valence-corrected chi connectivity index (χ2v) is 10.4. The van der Waals surface area contributed by atoms with Gasteiger partial charge in [-0.1, -0.05) is 0 Å². The average Bonchev–Trinajstić information content (AvgIpc) is 3.56. The third-order valence-electron chi connectivity index (χ3n) is 7.08. The van der Waals surface area contributed by atoms with Crippen LogP contribution in [0.2, 0.25) is 0 Å². The minimum atomic E-state index is -3.82. The van der Waals surface area contributed by atoms with Crippen LogP contribution in [-0.4, -0.2) is 45.7 Å². The first-order valence-electron chi connectivity index (χ1n) is 12.4. The summed E-state index contributed by atoms with van der Waals surface area (Å²) in [6.07, 6.45) is 3.40. The number of carbonyl (C=O) groups is 2. The topological polar surface area (TPSA) is 99.4 Å². The van der Waals surface area contributed by atoms with Gasteiger partial charge < -0.3 is 20.3 Å². The van der Waals surface area contributed by atoms with Crippen molar-refractivity contribution < 1.29 is 23.1 Å². The van der Waals surface area contributed by atoms with Crippen molar-refractivity contribution in [2.75, 3.05) is 10.2 Å². The van der Waals surface area contributed by atoms with E-state index in [4.69, 9.17) is 11.6 Å². The Bertz CT molecular complexity index is 1340. The highest BCUT2D eigenvalue weighted by Gasteiger charge is 2.49. The lowest BCUT2D eigenvalue weighted by atomic mass is 9.92. The lowest BCUT2D eigenvalue weighted by Gasteiger charge is -2.36. The fourth-order valence-corrected chi connectivity index (χ4v) is 5.88. The van der Waals surface area contributed by atoms with Crippen molar-refractivity contribution in [1.29, 1.82) is 0 Å². The Balaban J connectivity index is 1.51. The summed E-state index contributed by atoms with van der Waals surface area (Å²) >= 11 is 4.82. The summed E-state index contributed by atoms with van der Waals surface area (Å²) in [6, 6.07) is 11.4. The maximum atomic E-state index is 13.4. The Morgan fingerprint density at radius 1 is 1.18 bits per heavy atom. The molecule has 3 N–H and O–H groups in total. The molecule has 1 saturated carbocycles. The number of rotatable bonds is 7. The van der Waals surface area contributed by atoms with Gasteiger partial charge >= 0.3 is 5.57 Å². The Morgan fingerprint density at radius 2 is 1.92 bits per heavy atom. The number of aromatic amines is 1. The minimum Gasteiger partial charge on any atom is -0.420 e. The molecule has 0 saturated heterocycles. The fraction of sp³-hybridized carbons (Fsp3) is 0.370. The van der Waals surface area contributed by atoms with E-state index in [0.717, 1.165) is 35.3 Å². The molecule has 3 atom stereocenters. The summed E-state index contributed by atoms with van der Waals surface area (Å²) in [5.41, 5.74) is 0.768. The molecule has 38 heavy (non-hydrogen) atoms. The van der Waals surface area contributed by atoms with Crippen LogP contribution in [0.25, 0.3) is 11.3 Å². The third kappa shape index (κ3) is 5.05. The second-order valence-electron chi connectivity index (χ2n) is 9.94. The van der Waals surface area contributed by atoms with Crippen molar-refractivity contribution in [3.05, 3.63) is 59.8 Å². The van der Waals surface area contributed by atoms with Crippen LogP contribution in [0.15, 0.2) is 48.7 Å². The molecular formula is C27H28ClF2N5O3. The standard InChI is InChI=1S/C27H28ClF2N5O3/c1-14(2)35-24-20(19-8-9-23(25(19)35)32-15(3)36)12-16(13-21(24)22-10-11-31-34-22)26(37)33-17-4-6-18(7-5-17)38-27(28,29)30/h4-7,10-14,19,23,25H,8-9H2,1-3H3,(H,31,34)(H,32,36)(H,33,37)/t19-,23+,25+/m1/s1. The van der Waals surface area contributed by atoms with E-state index in [9.17, 15) is 18.4 Å². The molecular weight excluding hydrogens is 516 g/mol. The van der Waals surface area contributed by atoms with Gasteiger partial charge in [-0.25, -0.2) is 0 Å². The molecule has 0 bridgehead atoms. The molecule has 11 heteroatoms. The average molecular weight is 544 g/mol. The van der Waals surface area contributed by atoms with Crippen LogP contribution >= 0.6 is 11.6 Å². The number of aromatic nitrogens is 2. The third-order valence-corrected chi connectivity index (χ3v) is 7.15. The van der Waals surface area contributed by atoms with Gasteiger partial charge in [0, 0.05) is 59.5 Å². The van der Waals surface area contributed by atoms with E-state index in [1.54, 1.807) is 6.20 Å². The highest BCUT2D eigenvalue weighted by atomic mass is 35.5. The van der Waals surface area contributed by atoms with Crippen LogP contribution < -0.4 is 20.3 Å². The maximum Gasteiger partial charge on any atom is 0.487 e. The monoisotopic (exact) mass is 543 g/mol. The lowest BCUT2D eigenvalue weighted by Crippen LogP contribution is -2.50. The van der Waals surface area contributed by atoms with E-state index in [1.165, 1.54) is 31.2 Å². The van der Waals surface area contributed by atoms with Gasteiger partial charge in [-0.05, 0) is 74.7 Å². The Hall–Kier alpha value is -3.66. The number of fused-ring (bicyclic) bond motifs is 3. The largest absolute Gasteiger partial charge is 0.487 e. The Labute approximate surface area is 223 Å². The molecule has 2 heterocycles. The number of carbonyl (C=O) groups excluding carboxylic acids is 2. The number of amides is 2. The number of anilines is 2. The first-order valence-corrected chi connectivity index (χ1v) is 12.8. The SMILES string of the molecule is CC(=O)N[C@H]1CC[C@@H]2c3cc(C(=O)Nc4ccc(OC(F)(F)Cl)cc4)cc(-c4ccn[nH]4)c3N(C(C)C)[C@H]12. The summed E-state index contributed by atoms with van der Waals surface area (Å²) in [5.74, 6) is -0.389. The molecule has 1 fully saturated rings. The van der Waals surface area contributed by atoms with Gasteiger partial charge in [0.25, 0.3) is 5.91 Å². The van der Waals surface area contributed by atoms with Crippen LogP contribution in [0.5, 0.6) is 5.75 Å². The van der Waals surface area contributed by atoms with E-state index in [-0.39, 0.29) is 41.6 Å². The zero-order valence-electron chi connectivity index (χ0n) is 21.1. The number of nitrogens with one attached hydrogen (secondary N) is 3. The first kappa shape index (κ1) is 26.0. The predicted molar refractivity (Wildman–Crippen MR) is 141 cm³/mol. The molecule has 2 amide bonds. The van der Waals surface area contributed by atoms with Gasteiger partial charge in [0.05, 0.1) is 17.4 Å². The molecule has 2 aromatic carbocycles. The van der Waals surface area contributed by atoms with Gasteiger partial charge in [-0.15, -0.1) is 8.78 Å². The van der Waals surface area contributed by atoms with Gasteiger partial charge in [0.1, 0.15) is 5.75 Å². The molecule has 2 aliphatic rings. The quantitative estimate of drug-likeness (QED) is 0.343. The molecule has 3 aromatic rings. The number of hydrogen-bond donors (Lipinski definition) is 3. The van der Waals surface area contributed by atoms with Crippen LogP contribution in [0.1, 0.15) is 55.5 Å². The highest BCUT2D eigenvalue weighted by Crippen LogP contribution is 2.53. The number of nitrogens with zero attached hydrogens (tertiary/aromatic N) is 2. The van der Waals surface area contributed by atoms with Crippen LogP contribution in [0.3, 0.4) is 0 Å². The summed E-state index contributed by atoms with van der Waals surface area (Å²) in [7, 11) is 0. The smallest absolute Gasteiger partial charge is 0.420 e. The molecule has 1 aliphatic carbocycles. The molecule has 0 spiro atoms. The summed E-state index contributed by atoms with van der Waals surface area (Å²) < 4.78 is 30.1. The van der Waals surface area contributed by atoms with E-state index < -0.39 is 5.57 Å². The highest BCUT2D eigenvalue weighted by molar-refractivity contribution is 6.20. The minimum absolute atomic E-state index is 0.000270. The summed E-state index contributed by atoms with van der Waals surface area (Å²) in [6.45, 7) is 5.79. The van der Waals surface area contributed by atoms with E-state index >= 15 is 0 Å². The second kappa shape index (κ2) is 9.90. The first-order chi connectivity index (χ1) is 18.0. The van der Waals surface area contributed by atoms with Crippen molar-refractivity contribution in [2.45, 2.75) is 63.2 Å². The molecule has 5 rings (SSSR count). The zero-order valence-corrected chi connectivity index (χ0v) is 21.9. The Morgan fingerprint density at radius 3 is 2.53 bits per heavy atom. The van der Waals surface area contributed by atoms with Crippen LogP contribution in [-0.2, 0) is 4.79 Å². The number of alkyl halides is 3. The van der Waals surface area contributed by atoms with Gasteiger partial charge in [0.15, 0.2) is 0 Å². The number of H-pyrrole nitrogens is 1. The van der Waals surface area contributed by atoms with Crippen molar-refractivity contribution in [3.63, 3.8) is 0 Å². The van der Waals surface area contributed by atoms with Crippen LogP contribution in [0, 0.1) is 0 Å². The van der Waals surface area contributed by atoms with E-state index in [1.807, 2.05) is 18.2 Å². The predicted octanol–water partition coefficient (Wildman–Crippen LogP) is 5.48. The molecule has 8 nitrogen and oxygen atoms in total. The summed E-state index contributed by atoms with van der Waals surface area (Å²) in [4.78, 5) is 27.7. The number of ether oxygens (including phenoxy) is 1.